The van der Waals surface area contributed by atoms with E-state index in [-0.39, 0.29) is 11.9 Å². The Morgan fingerprint density at radius 3 is 2.35 bits per heavy atom. The van der Waals surface area contributed by atoms with Crippen molar-refractivity contribution in [1.29, 1.82) is 0 Å². The first-order chi connectivity index (χ1) is 14.8. The second-order valence-corrected chi connectivity index (χ2v) is 8.62. The molecule has 0 spiro atoms. The van der Waals surface area contributed by atoms with Gasteiger partial charge in [-0.1, -0.05) is 12.1 Å². The van der Waals surface area contributed by atoms with Gasteiger partial charge in [-0.15, -0.1) is 0 Å². The van der Waals surface area contributed by atoms with Gasteiger partial charge in [-0.3, -0.25) is 0 Å². The number of benzene rings is 1. The van der Waals surface area contributed by atoms with Crippen LogP contribution in [0.5, 0.6) is 0 Å². The Labute approximate surface area is 180 Å². The number of nitrogens with one attached hydrogen (secondary N) is 3. The Hall–Kier alpha value is -1.21. The van der Waals surface area contributed by atoms with Gasteiger partial charge in [0.15, 0.2) is 0 Å². The summed E-state index contributed by atoms with van der Waals surface area (Å²) in [6, 6.07) is 4.32. The fraction of sp³-hybridized carbons (Fsp3) is 0.714. The summed E-state index contributed by atoms with van der Waals surface area (Å²) in [5.74, 6) is -2.15. The van der Waals surface area contributed by atoms with Gasteiger partial charge in [0, 0.05) is 6.54 Å². The summed E-state index contributed by atoms with van der Waals surface area (Å²) >= 11 is 0. The van der Waals surface area contributed by atoms with Crippen LogP contribution in [0.15, 0.2) is 24.3 Å². The highest BCUT2D eigenvalue weighted by Crippen LogP contribution is 2.42. The fourth-order valence-electron chi connectivity index (χ4n) is 4.93. The zero-order valence-electron chi connectivity index (χ0n) is 17.9. The molecule has 4 rings (SSSR count). The summed E-state index contributed by atoms with van der Waals surface area (Å²) in [5, 5.41) is 42.3. The van der Waals surface area contributed by atoms with Gasteiger partial charge in [0.1, 0.15) is 24.1 Å². The lowest BCUT2D eigenvalue weighted by atomic mass is 9.79. The number of fused-ring (bicyclic) bond motifs is 2. The summed E-state index contributed by atoms with van der Waals surface area (Å²) < 4.78 is 31.3. The fourth-order valence-corrected chi connectivity index (χ4v) is 4.93. The Kier molecular flexibility index (Phi) is 6.64. The Morgan fingerprint density at radius 1 is 1.03 bits per heavy atom. The summed E-state index contributed by atoms with van der Waals surface area (Å²) in [6.07, 6.45) is -4.57. The average molecular weight is 442 g/mol. The number of aliphatic hydroxyl groups is 3. The smallest absolute Gasteiger partial charge is 0.234 e. The van der Waals surface area contributed by atoms with Crippen molar-refractivity contribution in [3.05, 3.63) is 35.6 Å². The maximum Gasteiger partial charge on any atom is 0.234 e. The minimum atomic E-state index is -1.84. The van der Waals surface area contributed by atoms with Crippen LogP contribution in [0.1, 0.15) is 18.9 Å². The van der Waals surface area contributed by atoms with Crippen LogP contribution in [0, 0.1) is 5.82 Å². The SMILES string of the molecule is CN[C@@H]1[C@H](O)[C@H](NC)C2O[C@]3(O)C(OC2[C@H]1O)O[C@H](C)C[C@H]3NCc1ccc(F)cc1. The van der Waals surface area contributed by atoms with Gasteiger partial charge in [0.05, 0.1) is 30.3 Å². The highest BCUT2D eigenvalue weighted by molar-refractivity contribution is 5.16. The molecule has 3 unspecified atom stereocenters. The predicted molar refractivity (Wildman–Crippen MR) is 108 cm³/mol. The lowest BCUT2D eigenvalue weighted by Gasteiger charge is -2.58. The van der Waals surface area contributed by atoms with Gasteiger partial charge < -0.3 is 45.5 Å². The molecule has 3 aliphatic rings. The molecule has 1 aromatic rings. The standard InChI is InChI=1S/C21H32FN3O6/c1-10-8-13(25-9-11-4-6-12(22)7-5-11)21(28)20(29-10)30-19-17(27)14(23-2)16(26)15(24-3)18(19)31-21/h4-7,10,13-20,23-28H,8-9H2,1-3H3/t10-,13-,14-,15+,16+,17+,18?,19?,20?,21+/m1/s1. The van der Waals surface area contributed by atoms with Gasteiger partial charge in [0.25, 0.3) is 0 Å². The van der Waals surface area contributed by atoms with Crippen molar-refractivity contribution in [1.82, 2.24) is 16.0 Å². The molecular weight excluding hydrogens is 409 g/mol. The van der Waals surface area contributed by atoms with E-state index in [1.807, 2.05) is 6.92 Å². The second-order valence-electron chi connectivity index (χ2n) is 8.62. The van der Waals surface area contributed by atoms with Crippen LogP contribution in [-0.4, -0.2) is 90.1 Å². The number of aliphatic hydroxyl groups excluding tert-OH is 2. The maximum atomic E-state index is 13.2. The van der Waals surface area contributed by atoms with E-state index in [4.69, 9.17) is 14.2 Å². The average Bonchev–Trinajstić information content (AvgIpc) is 2.73. The Balaban J connectivity index is 1.56. The number of ether oxygens (including phenoxy) is 3. The van der Waals surface area contributed by atoms with Gasteiger partial charge in [-0.05, 0) is 45.1 Å². The number of hydrogen-bond donors (Lipinski definition) is 6. The molecule has 1 aliphatic carbocycles. The molecule has 174 valence electrons. The molecule has 0 bridgehead atoms. The molecule has 10 heteroatoms. The normalized spacial score (nSPS) is 45.1. The largest absolute Gasteiger partial charge is 0.390 e. The van der Waals surface area contributed by atoms with Gasteiger partial charge in [-0.25, -0.2) is 4.39 Å². The molecular formula is C21H32FN3O6. The first-order valence-electron chi connectivity index (χ1n) is 10.7. The third-order valence-electron chi connectivity index (χ3n) is 6.62. The number of halogens is 1. The molecule has 0 radical (unpaired) electrons. The van der Waals surface area contributed by atoms with Crippen molar-refractivity contribution in [2.45, 2.75) is 80.6 Å². The zero-order chi connectivity index (χ0) is 22.3. The quantitative estimate of drug-likeness (QED) is 0.334. The monoisotopic (exact) mass is 441 g/mol. The molecule has 1 saturated carbocycles. The van der Waals surface area contributed by atoms with E-state index in [0.29, 0.717) is 13.0 Å². The molecule has 31 heavy (non-hydrogen) atoms. The summed E-state index contributed by atoms with van der Waals surface area (Å²) in [7, 11) is 3.33. The van der Waals surface area contributed by atoms with Crippen LogP contribution in [0.25, 0.3) is 0 Å². The summed E-state index contributed by atoms with van der Waals surface area (Å²) in [4.78, 5) is 0. The minimum absolute atomic E-state index is 0.234. The molecule has 2 saturated heterocycles. The van der Waals surface area contributed by atoms with E-state index in [1.165, 1.54) is 12.1 Å². The minimum Gasteiger partial charge on any atom is -0.390 e. The third kappa shape index (κ3) is 4.12. The topological polar surface area (TPSA) is 124 Å². The first-order valence-corrected chi connectivity index (χ1v) is 10.7. The molecule has 9 nitrogen and oxygen atoms in total. The lowest BCUT2D eigenvalue weighted by Crippen LogP contribution is -2.79. The van der Waals surface area contributed by atoms with Crippen molar-refractivity contribution in [2.24, 2.45) is 0 Å². The highest BCUT2D eigenvalue weighted by Gasteiger charge is 2.63. The number of hydrogen-bond acceptors (Lipinski definition) is 9. The van der Waals surface area contributed by atoms with E-state index in [2.05, 4.69) is 16.0 Å². The van der Waals surface area contributed by atoms with Gasteiger partial charge in [0.2, 0.25) is 12.1 Å². The van der Waals surface area contributed by atoms with Crippen LogP contribution in [0.4, 0.5) is 4.39 Å². The van der Waals surface area contributed by atoms with Gasteiger partial charge in [-0.2, -0.15) is 0 Å². The molecule has 3 fully saturated rings. The van der Waals surface area contributed by atoms with Crippen molar-refractivity contribution in [2.75, 3.05) is 14.1 Å². The molecule has 0 amide bonds. The summed E-state index contributed by atoms with van der Waals surface area (Å²) in [6.45, 7) is 2.25. The zero-order valence-corrected chi connectivity index (χ0v) is 17.9. The first kappa shape index (κ1) is 23.0. The molecule has 2 aliphatic heterocycles. The Bertz CT molecular complexity index is 757. The summed E-state index contributed by atoms with van der Waals surface area (Å²) in [5.41, 5.74) is 0.851. The van der Waals surface area contributed by atoms with Crippen molar-refractivity contribution < 1.29 is 33.9 Å². The second kappa shape index (κ2) is 8.97. The molecule has 0 aromatic heterocycles. The van der Waals surface area contributed by atoms with Crippen LogP contribution in [0.3, 0.4) is 0 Å². The van der Waals surface area contributed by atoms with Crippen LogP contribution in [0.2, 0.25) is 0 Å². The molecule has 1 aromatic carbocycles. The van der Waals surface area contributed by atoms with Crippen LogP contribution in [-0.2, 0) is 20.8 Å². The predicted octanol–water partition coefficient (Wildman–Crippen LogP) is -1.20. The van der Waals surface area contributed by atoms with E-state index < -0.39 is 54.6 Å². The lowest BCUT2D eigenvalue weighted by molar-refractivity contribution is -0.449. The van der Waals surface area contributed by atoms with Crippen molar-refractivity contribution in [3.63, 3.8) is 0 Å². The van der Waals surface area contributed by atoms with E-state index in [9.17, 15) is 19.7 Å². The van der Waals surface area contributed by atoms with E-state index >= 15 is 0 Å². The third-order valence-corrected chi connectivity index (χ3v) is 6.62. The number of likely N-dealkylation sites (N-methyl/N-ethyl adjacent to an activating group) is 2. The molecule has 2 heterocycles. The van der Waals surface area contributed by atoms with Crippen LogP contribution >= 0.6 is 0 Å². The Morgan fingerprint density at radius 2 is 1.71 bits per heavy atom. The highest BCUT2D eigenvalue weighted by atomic mass is 19.1. The number of rotatable bonds is 5. The van der Waals surface area contributed by atoms with Crippen LogP contribution < -0.4 is 16.0 Å². The van der Waals surface area contributed by atoms with Gasteiger partial charge >= 0.3 is 0 Å². The molecule has 6 N–H and O–H groups in total. The van der Waals surface area contributed by atoms with E-state index in [0.717, 1.165) is 5.56 Å². The molecule has 10 atom stereocenters. The van der Waals surface area contributed by atoms with E-state index in [1.54, 1.807) is 26.2 Å². The maximum absolute atomic E-state index is 13.2. The van der Waals surface area contributed by atoms with Crippen molar-refractivity contribution >= 4 is 0 Å². The van der Waals surface area contributed by atoms with Crippen molar-refractivity contribution in [3.8, 4) is 0 Å².